The molecule has 4 aliphatic carbocycles. The standard InChI is InChI=1S/C28H36O4/c1-17(29)32-24-15-22-25(2,3)23(30)10-13-27(22,5)21-9-12-26(4)19(18-11-14-31-16-18)7-8-20(26)28(21,24)6/h8,10-11,13-14,16,19,21-22,24H,7,9,12,15H2,1-6H3/t19-,21-,22-,24+,26-,27+,28-/m0/s1. The number of hydrogen-bond acceptors (Lipinski definition) is 4. The Kier molecular flexibility index (Phi) is 4.56. The van der Waals surface area contributed by atoms with Gasteiger partial charge in [-0.25, -0.2) is 0 Å². The van der Waals surface area contributed by atoms with E-state index in [4.69, 9.17) is 9.15 Å². The number of furan rings is 1. The molecule has 0 aromatic carbocycles. The molecule has 4 aliphatic rings. The van der Waals surface area contributed by atoms with E-state index in [0.717, 1.165) is 25.7 Å². The molecule has 7 atom stereocenters. The second-order valence-corrected chi connectivity index (χ2v) is 11.9. The summed E-state index contributed by atoms with van der Waals surface area (Å²) < 4.78 is 11.6. The molecule has 32 heavy (non-hydrogen) atoms. The summed E-state index contributed by atoms with van der Waals surface area (Å²) >= 11 is 0. The lowest BCUT2D eigenvalue weighted by Crippen LogP contribution is -2.64. The maximum absolute atomic E-state index is 12.9. The minimum Gasteiger partial charge on any atom is -0.472 e. The first-order valence-corrected chi connectivity index (χ1v) is 12.1. The Morgan fingerprint density at radius 1 is 1.16 bits per heavy atom. The molecule has 0 N–H and O–H groups in total. The largest absolute Gasteiger partial charge is 0.472 e. The van der Waals surface area contributed by atoms with E-state index in [2.05, 4.69) is 52.8 Å². The fraction of sp³-hybridized carbons (Fsp3) is 0.643. The van der Waals surface area contributed by atoms with Crippen LogP contribution >= 0.6 is 0 Å². The Labute approximate surface area is 191 Å². The molecule has 1 aromatic heterocycles. The van der Waals surface area contributed by atoms with Crippen LogP contribution in [0.25, 0.3) is 0 Å². The quantitative estimate of drug-likeness (QED) is 0.407. The van der Waals surface area contributed by atoms with Gasteiger partial charge in [-0.1, -0.05) is 52.3 Å². The molecule has 4 nitrogen and oxygen atoms in total. The van der Waals surface area contributed by atoms with Crippen LogP contribution in [0.1, 0.15) is 78.7 Å². The minimum absolute atomic E-state index is 0.0143. The summed E-state index contributed by atoms with van der Waals surface area (Å²) in [6.07, 6.45) is 13.7. The third kappa shape index (κ3) is 2.61. The van der Waals surface area contributed by atoms with Gasteiger partial charge in [-0.15, -0.1) is 0 Å². The van der Waals surface area contributed by atoms with Crippen LogP contribution in [0.4, 0.5) is 0 Å². The zero-order valence-electron chi connectivity index (χ0n) is 20.2. The second-order valence-electron chi connectivity index (χ2n) is 11.9. The second kappa shape index (κ2) is 6.71. The van der Waals surface area contributed by atoms with Crippen LogP contribution in [-0.2, 0) is 14.3 Å². The molecule has 5 rings (SSSR count). The average Bonchev–Trinajstić information content (AvgIpc) is 3.34. The van der Waals surface area contributed by atoms with Crippen molar-refractivity contribution in [1.82, 2.24) is 0 Å². The molecule has 0 spiro atoms. The van der Waals surface area contributed by atoms with Crippen LogP contribution in [-0.4, -0.2) is 17.9 Å². The van der Waals surface area contributed by atoms with Gasteiger partial charge >= 0.3 is 5.97 Å². The van der Waals surface area contributed by atoms with Crippen LogP contribution in [0.5, 0.6) is 0 Å². The molecule has 0 unspecified atom stereocenters. The van der Waals surface area contributed by atoms with Crippen molar-refractivity contribution in [2.45, 2.75) is 79.2 Å². The van der Waals surface area contributed by atoms with E-state index in [1.54, 1.807) is 6.26 Å². The number of allylic oxidation sites excluding steroid dienone is 3. The van der Waals surface area contributed by atoms with Gasteiger partial charge in [0.1, 0.15) is 6.10 Å². The van der Waals surface area contributed by atoms with E-state index >= 15 is 0 Å². The number of carbonyl (C=O) groups excluding carboxylic acids is 2. The van der Waals surface area contributed by atoms with Gasteiger partial charge in [0.25, 0.3) is 0 Å². The summed E-state index contributed by atoms with van der Waals surface area (Å²) in [6, 6.07) is 2.10. The summed E-state index contributed by atoms with van der Waals surface area (Å²) in [5.74, 6) is 0.796. The molecule has 0 saturated heterocycles. The van der Waals surface area contributed by atoms with Crippen LogP contribution in [0.15, 0.2) is 46.8 Å². The topological polar surface area (TPSA) is 56.5 Å². The van der Waals surface area contributed by atoms with Gasteiger partial charge in [0.2, 0.25) is 0 Å². The predicted molar refractivity (Wildman–Crippen MR) is 123 cm³/mol. The van der Waals surface area contributed by atoms with Crippen molar-refractivity contribution in [2.75, 3.05) is 0 Å². The maximum Gasteiger partial charge on any atom is 0.302 e. The number of fused-ring (bicyclic) bond motifs is 5. The van der Waals surface area contributed by atoms with Crippen LogP contribution in [0, 0.1) is 33.5 Å². The third-order valence-corrected chi connectivity index (χ3v) is 10.2. The van der Waals surface area contributed by atoms with Crippen molar-refractivity contribution in [3.05, 3.63) is 48.0 Å². The Morgan fingerprint density at radius 2 is 1.91 bits per heavy atom. The highest BCUT2D eigenvalue weighted by molar-refractivity contribution is 5.95. The lowest BCUT2D eigenvalue weighted by atomic mass is 9.38. The van der Waals surface area contributed by atoms with Crippen molar-refractivity contribution >= 4 is 11.8 Å². The third-order valence-electron chi connectivity index (χ3n) is 10.2. The first-order chi connectivity index (χ1) is 15.0. The van der Waals surface area contributed by atoms with E-state index in [1.165, 1.54) is 18.1 Å². The number of ketones is 1. The number of carbonyl (C=O) groups is 2. The van der Waals surface area contributed by atoms with E-state index in [9.17, 15) is 9.59 Å². The predicted octanol–water partition coefficient (Wildman–Crippen LogP) is 6.24. The van der Waals surface area contributed by atoms with E-state index < -0.39 is 5.41 Å². The Bertz CT molecular complexity index is 1010. The SMILES string of the molecule is CC(=O)O[C@@H]1C[C@H]2C(C)(C)C(=O)C=C[C@]2(C)[C@@H]2CC[C@]3(C)C(=CC[C@H]3c3ccoc3)[C@]12C. The monoisotopic (exact) mass is 436 g/mol. The molecule has 172 valence electrons. The lowest BCUT2D eigenvalue weighted by Gasteiger charge is -2.66. The number of rotatable bonds is 2. The highest BCUT2D eigenvalue weighted by Gasteiger charge is 2.68. The number of esters is 1. The van der Waals surface area contributed by atoms with Crippen molar-refractivity contribution < 1.29 is 18.7 Å². The molecule has 0 radical (unpaired) electrons. The van der Waals surface area contributed by atoms with Gasteiger partial charge in [-0.2, -0.15) is 0 Å². The molecule has 2 fully saturated rings. The van der Waals surface area contributed by atoms with Crippen molar-refractivity contribution in [3.63, 3.8) is 0 Å². The molecule has 1 heterocycles. The summed E-state index contributed by atoms with van der Waals surface area (Å²) in [6.45, 7) is 12.8. The number of ether oxygens (including phenoxy) is 1. The molecule has 0 bridgehead atoms. The van der Waals surface area contributed by atoms with Gasteiger partial charge in [-0.3, -0.25) is 9.59 Å². The van der Waals surface area contributed by atoms with Gasteiger partial charge < -0.3 is 9.15 Å². The molecule has 4 heteroatoms. The van der Waals surface area contributed by atoms with Crippen LogP contribution < -0.4 is 0 Å². The highest BCUT2D eigenvalue weighted by atomic mass is 16.5. The minimum atomic E-state index is -0.465. The average molecular weight is 437 g/mol. The zero-order valence-corrected chi connectivity index (χ0v) is 20.2. The van der Waals surface area contributed by atoms with Crippen LogP contribution in [0.3, 0.4) is 0 Å². The first kappa shape index (κ1) is 21.7. The highest BCUT2D eigenvalue weighted by Crippen LogP contribution is 2.72. The summed E-state index contributed by atoms with van der Waals surface area (Å²) in [5.41, 5.74) is 1.88. The molecular weight excluding hydrogens is 400 g/mol. The smallest absolute Gasteiger partial charge is 0.302 e. The summed E-state index contributed by atoms with van der Waals surface area (Å²) in [5, 5.41) is 0. The Morgan fingerprint density at radius 3 is 2.56 bits per heavy atom. The zero-order chi connectivity index (χ0) is 23.1. The Hall–Kier alpha value is -2.10. The first-order valence-electron chi connectivity index (χ1n) is 12.1. The van der Waals surface area contributed by atoms with Gasteiger partial charge in [0.15, 0.2) is 5.78 Å². The van der Waals surface area contributed by atoms with Gasteiger partial charge in [-0.05, 0) is 72.0 Å². The lowest BCUT2D eigenvalue weighted by molar-refractivity contribution is -0.187. The van der Waals surface area contributed by atoms with Crippen molar-refractivity contribution in [2.24, 2.45) is 33.5 Å². The fourth-order valence-electron chi connectivity index (χ4n) is 8.60. The molecule has 2 saturated carbocycles. The summed E-state index contributed by atoms with van der Waals surface area (Å²) in [4.78, 5) is 25.2. The van der Waals surface area contributed by atoms with E-state index in [0.29, 0.717) is 11.8 Å². The Balaban J connectivity index is 1.64. The normalized spacial score (nSPS) is 44.3. The van der Waals surface area contributed by atoms with Crippen LogP contribution in [0.2, 0.25) is 0 Å². The van der Waals surface area contributed by atoms with E-state index in [-0.39, 0.29) is 40.0 Å². The maximum atomic E-state index is 12.9. The van der Waals surface area contributed by atoms with E-state index in [1.807, 2.05) is 12.3 Å². The van der Waals surface area contributed by atoms with Gasteiger partial charge in [0, 0.05) is 17.8 Å². The van der Waals surface area contributed by atoms with Gasteiger partial charge in [0.05, 0.1) is 12.5 Å². The molecule has 0 aliphatic heterocycles. The molecule has 1 aromatic rings. The molecule has 0 amide bonds. The molecular formula is C28H36O4. The fourth-order valence-corrected chi connectivity index (χ4v) is 8.60. The summed E-state index contributed by atoms with van der Waals surface area (Å²) in [7, 11) is 0. The van der Waals surface area contributed by atoms with Crippen molar-refractivity contribution in [3.8, 4) is 0 Å². The van der Waals surface area contributed by atoms with Crippen molar-refractivity contribution in [1.29, 1.82) is 0 Å². The number of hydrogen-bond donors (Lipinski definition) is 0.